The van der Waals surface area contributed by atoms with Gasteiger partial charge in [-0.3, -0.25) is 4.79 Å². The molecule has 1 aromatic heterocycles. The van der Waals surface area contributed by atoms with Gasteiger partial charge in [0.15, 0.2) is 5.76 Å². The van der Waals surface area contributed by atoms with E-state index < -0.39 is 16.1 Å². The van der Waals surface area contributed by atoms with Gasteiger partial charge in [-0.1, -0.05) is 5.16 Å². The quantitative estimate of drug-likeness (QED) is 0.796. The summed E-state index contributed by atoms with van der Waals surface area (Å²) in [7, 11) is -3.86. The average molecular weight is 330 g/mol. The zero-order chi connectivity index (χ0) is 16.5. The van der Waals surface area contributed by atoms with Crippen LogP contribution in [-0.2, 0) is 14.8 Å². The number of likely N-dealkylation sites (tertiary alicyclic amines) is 1. The Morgan fingerprint density at radius 3 is 2.73 bits per heavy atom. The number of hydrogen-bond donors (Lipinski definition) is 2. The van der Waals surface area contributed by atoms with Crippen LogP contribution in [0.2, 0.25) is 0 Å². The first-order valence-corrected chi connectivity index (χ1v) is 8.70. The van der Waals surface area contributed by atoms with Crippen molar-refractivity contribution in [1.82, 2.24) is 14.8 Å². The predicted octanol–water partition coefficient (Wildman–Crippen LogP) is -0.0921. The molecular formula is C13H22N4O4S. The molecule has 1 aromatic rings. The van der Waals surface area contributed by atoms with Gasteiger partial charge in [0.2, 0.25) is 15.9 Å². The van der Waals surface area contributed by atoms with Crippen molar-refractivity contribution in [1.29, 1.82) is 0 Å². The number of carbonyl (C=O) groups is 1. The van der Waals surface area contributed by atoms with Gasteiger partial charge in [0.1, 0.15) is 10.6 Å². The van der Waals surface area contributed by atoms with Crippen LogP contribution in [0.4, 0.5) is 0 Å². The molecule has 0 saturated carbocycles. The lowest BCUT2D eigenvalue weighted by Gasteiger charge is -2.32. The molecule has 2 atom stereocenters. The Balaban J connectivity index is 2.10. The molecule has 9 heteroatoms. The summed E-state index contributed by atoms with van der Waals surface area (Å²) in [5.41, 5.74) is 6.12. The van der Waals surface area contributed by atoms with Gasteiger partial charge in [0, 0.05) is 19.1 Å². The van der Waals surface area contributed by atoms with Crippen LogP contribution in [0.25, 0.3) is 0 Å². The molecule has 0 spiro atoms. The molecule has 2 unspecified atom stereocenters. The summed E-state index contributed by atoms with van der Waals surface area (Å²) in [4.78, 5) is 14.0. The Kier molecular flexibility index (Phi) is 4.88. The number of nitrogens with zero attached hydrogens (tertiary/aromatic N) is 2. The van der Waals surface area contributed by atoms with Gasteiger partial charge in [-0.2, -0.15) is 4.72 Å². The molecule has 1 aliphatic rings. The van der Waals surface area contributed by atoms with Crippen LogP contribution >= 0.6 is 0 Å². The Hall–Kier alpha value is -1.45. The molecule has 2 rings (SSSR count). The lowest BCUT2D eigenvalue weighted by Crippen LogP contribution is -2.52. The highest BCUT2D eigenvalue weighted by Crippen LogP contribution is 2.19. The highest BCUT2D eigenvalue weighted by Gasteiger charge is 2.31. The number of aryl methyl sites for hydroxylation is 2. The molecule has 1 aliphatic heterocycles. The number of rotatable bonds is 4. The molecule has 3 N–H and O–H groups in total. The zero-order valence-corrected chi connectivity index (χ0v) is 13.8. The summed E-state index contributed by atoms with van der Waals surface area (Å²) >= 11 is 0. The maximum atomic E-state index is 12.4. The van der Waals surface area contributed by atoms with Crippen molar-refractivity contribution < 1.29 is 17.7 Å². The van der Waals surface area contributed by atoms with Crippen molar-refractivity contribution in [3.05, 3.63) is 11.5 Å². The summed E-state index contributed by atoms with van der Waals surface area (Å²) < 4.78 is 32.0. The summed E-state index contributed by atoms with van der Waals surface area (Å²) in [5.74, 6) is -0.0740. The standard InChI is InChI=1S/C13H22N4O4S/c1-8-12(10(3)21-15-8)22(19,20)16-9(2)13(18)17-6-4-5-11(14)7-17/h9,11,16H,4-7,14H2,1-3H3. The number of sulfonamides is 1. The van der Waals surface area contributed by atoms with Gasteiger partial charge in [0.05, 0.1) is 6.04 Å². The topological polar surface area (TPSA) is 119 Å². The second-order valence-corrected chi connectivity index (χ2v) is 7.33. The van der Waals surface area contributed by atoms with Crippen molar-refractivity contribution in [3.8, 4) is 0 Å². The minimum absolute atomic E-state index is 0.0116. The van der Waals surface area contributed by atoms with Gasteiger partial charge in [-0.05, 0) is 33.6 Å². The SMILES string of the molecule is Cc1noc(C)c1S(=O)(=O)NC(C)C(=O)N1CCCC(N)C1. The van der Waals surface area contributed by atoms with E-state index in [4.69, 9.17) is 10.3 Å². The third-order valence-corrected chi connectivity index (χ3v) is 5.49. The van der Waals surface area contributed by atoms with E-state index in [-0.39, 0.29) is 28.3 Å². The molecular weight excluding hydrogens is 308 g/mol. The highest BCUT2D eigenvalue weighted by molar-refractivity contribution is 7.89. The average Bonchev–Trinajstić information content (AvgIpc) is 2.77. The van der Waals surface area contributed by atoms with Crippen molar-refractivity contribution >= 4 is 15.9 Å². The van der Waals surface area contributed by atoms with E-state index in [0.29, 0.717) is 13.1 Å². The Bertz CT molecular complexity index is 635. The Labute approximate surface area is 130 Å². The molecule has 1 amide bonds. The van der Waals surface area contributed by atoms with Gasteiger partial charge in [-0.25, -0.2) is 8.42 Å². The van der Waals surface area contributed by atoms with E-state index in [9.17, 15) is 13.2 Å². The van der Waals surface area contributed by atoms with Crippen LogP contribution in [0.1, 0.15) is 31.2 Å². The van der Waals surface area contributed by atoms with Gasteiger partial charge in [0.25, 0.3) is 0 Å². The summed E-state index contributed by atoms with van der Waals surface area (Å²) in [6.07, 6.45) is 1.71. The third kappa shape index (κ3) is 3.47. The molecule has 0 bridgehead atoms. The summed E-state index contributed by atoms with van der Waals surface area (Å²) in [6.45, 7) is 5.64. The molecule has 2 heterocycles. The molecule has 0 radical (unpaired) electrons. The van der Waals surface area contributed by atoms with Crippen LogP contribution in [-0.4, -0.2) is 49.6 Å². The third-order valence-electron chi connectivity index (χ3n) is 3.71. The first-order valence-electron chi connectivity index (χ1n) is 7.22. The van der Waals surface area contributed by atoms with E-state index in [1.807, 2.05) is 0 Å². The van der Waals surface area contributed by atoms with Crippen LogP contribution in [0, 0.1) is 13.8 Å². The van der Waals surface area contributed by atoms with Gasteiger partial charge in [-0.15, -0.1) is 0 Å². The lowest BCUT2D eigenvalue weighted by molar-refractivity contribution is -0.133. The Morgan fingerprint density at radius 2 is 2.18 bits per heavy atom. The van der Waals surface area contributed by atoms with E-state index in [1.54, 1.807) is 11.8 Å². The zero-order valence-electron chi connectivity index (χ0n) is 13.0. The first kappa shape index (κ1) is 16.9. The van der Waals surface area contributed by atoms with Gasteiger partial charge < -0.3 is 15.2 Å². The van der Waals surface area contributed by atoms with Gasteiger partial charge >= 0.3 is 0 Å². The van der Waals surface area contributed by atoms with Crippen LogP contribution in [0.5, 0.6) is 0 Å². The van der Waals surface area contributed by atoms with E-state index >= 15 is 0 Å². The Morgan fingerprint density at radius 1 is 1.50 bits per heavy atom. The fourth-order valence-corrected chi connectivity index (χ4v) is 4.21. The smallest absolute Gasteiger partial charge is 0.246 e. The van der Waals surface area contributed by atoms with Crippen LogP contribution in [0.15, 0.2) is 9.42 Å². The normalized spacial score (nSPS) is 20.9. The van der Waals surface area contributed by atoms with Crippen LogP contribution in [0.3, 0.4) is 0 Å². The van der Waals surface area contributed by atoms with E-state index in [0.717, 1.165) is 12.8 Å². The summed E-state index contributed by atoms with van der Waals surface area (Å²) in [5, 5.41) is 3.63. The number of piperidine rings is 1. The highest BCUT2D eigenvalue weighted by atomic mass is 32.2. The van der Waals surface area contributed by atoms with Crippen molar-refractivity contribution in [2.75, 3.05) is 13.1 Å². The van der Waals surface area contributed by atoms with Crippen LogP contribution < -0.4 is 10.5 Å². The number of nitrogens with two attached hydrogens (primary N) is 1. The molecule has 8 nitrogen and oxygen atoms in total. The van der Waals surface area contributed by atoms with E-state index in [2.05, 4.69) is 9.88 Å². The van der Waals surface area contributed by atoms with Crippen molar-refractivity contribution in [3.63, 3.8) is 0 Å². The largest absolute Gasteiger partial charge is 0.360 e. The number of hydrogen-bond acceptors (Lipinski definition) is 6. The predicted molar refractivity (Wildman–Crippen MR) is 79.5 cm³/mol. The number of carbonyl (C=O) groups excluding carboxylic acids is 1. The second-order valence-electron chi connectivity index (χ2n) is 5.68. The number of nitrogens with one attached hydrogen (secondary N) is 1. The minimum atomic E-state index is -3.86. The maximum Gasteiger partial charge on any atom is 0.246 e. The fourth-order valence-electron chi connectivity index (χ4n) is 2.68. The summed E-state index contributed by atoms with van der Waals surface area (Å²) in [6, 6.07) is -0.923. The maximum absolute atomic E-state index is 12.4. The van der Waals surface area contributed by atoms with Crippen molar-refractivity contribution in [2.45, 2.75) is 50.6 Å². The molecule has 0 aliphatic carbocycles. The fraction of sp³-hybridized carbons (Fsp3) is 0.692. The minimum Gasteiger partial charge on any atom is -0.360 e. The van der Waals surface area contributed by atoms with E-state index in [1.165, 1.54) is 13.8 Å². The molecule has 1 fully saturated rings. The monoisotopic (exact) mass is 330 g/mol. The first-order chi connectivity index (χ1) is 10.2. The number of aromatic nitrogens is 1. The molecule has 124 valence electrons. The molecule has 1 saturated heterocycles. The second kappa shape index (κ2) is 6.35. The van der Waals surface area contributed by atoms with Crippen molar-refractivity contribution in [2.24, 2.45) is 5.73 Å². The lowest BCUT2D eigenvalue weighted by atomic mass is 10.1. The number of amides is 1. The molecule has 22 heavy (non-hydrogen) atoms. The molecule has 0 aromatic carbocycles.